The third-order valence-electron chi connectivity index (χ3n) is 2.22. The third kappa shape index (κ3) is 4.07. The van der Waals surface area contributed by atoms with Gasteiger partial charge >= 0.3 is 6.18 Å². The molecule has 0 aliphatic rings. The molecule has 9 heteroatoms. The highest BCUT2D eigenvalue weighted by molar-refractivity contribution is 8.00. The van der Waals surface area contributed by atoms with E-state index in [-0.39, 0.29) is 10.8 Å². The van der Waals surface area contributed by atoms with Crippen LogP contribution >= 0.6 is 23.1 Å². The first kappa shape index (κ1) is 15.0. The minimum absolute atomic E-state index is 0.216. The van der Waals surface area contributed by atoms with Crippen LogP contribution in [0.3, 0.4) is 0 Å². The lowest BCUT2D eigenvalue weighted by Crippen LogP contribution is -2.09. The van der Waals surface area contributed by atoms with Gasteiger partial charge in [-0.1, -0.05) is 18.3 Å². The molecule has 2 aromatic heterocycles. The Morgan fingerprint density at radius 2 is 2.15 bits per heavy atom. The molecule has 0 radical (unpaired) electrons. The summed E-state index contributed by atoms with van der Waals surface area (Å²) in [5.74, 6) is 0.216. The summed E-state index contributed by atoms with van der Waals surface area (Å²) in [5, 5.41) is 10.5. The number of anilines is 1. The van der Waals surface area contributed by atoms with Gasteiger partial charge in [-0.15, -0.1) is 10.2 Å². The van der Waals surface area contributed by atoms with Gasteiger partial charge in [0.25, 0.3) is 0 Å². The van der Waals surface area contributed by atoms with Crippen LogP contribution in [0, 0.1) is 0 Å². The molecule has 0 bridgehead atoms. The highest BCUT2D eigenvalue weighted by atomic mass is 32.2. The number of hydrogen-bond acceptors (Lipinski definition) is 6. The molecule has 0 spiro atoms. The van der Waals surface area contributed by atoms with Gasteiger partial charge in [0.15, 0.2) is 4.34 Å². The molecule has 0 aliphatic carbocycles. The van der Waals surface area contributed by atoms with Gasteiger partial charge in [-0.2, -0.15) is 13.2 Å². The van der Waals surface area contributed by atoms with Crippen LogP contribution in [-0.4, -0.2) is 21.7 Å². The zero-order chi connectivity index (χ0) is 14.6. The maximum Gasteiger partial charge on any atom is 0.416 e. The van der Waals surface area contributed by atoms with Crippen LogP contribution in [0.15, 0.2) is 27.0 Å². The van der Waals surface area contributed by atoms with Crippen LogP contribution in [0.1, 0.15) is 18.9 Å². The molecular formula is C11H11F3N4S2. The van der Waals surface area contributed by atoms with Gasteiger partial charge in [-0.05, 0) is 30.3 Å². The van der Waals surface area contributed by atoms with E-state index in [0.29, 0.717) is 10.9 Å². The topological polar surface area (TPSA) is 50.7 Å². The van der Waals surface area contributed by atoms with E-state index in [2.05, 4.69) is 20.5 Å². The van der Waals surface area contributed by atoms with Gasteiger partial charge in [0, 0.05) is 6.54 Å². The van der Waals surface area contributed by atoms with Crippen molar-refractivity contribution in [1.29, 1.82) is 0 Å². The second-order valence-corrected chi connectivity index (χ2v) is 5.91. The van der Waals surface area contributed by atoms with Crippen molar-refractivity contribution in [2.45, 2.75) is 28.9 Å². The Hall–Kier alpha value is -1.35. The molecule has 0 unspecified atom stereocenters. The first-order valence-corrected chi connectivity index (χ1v) is 7.46. The Balaban J connectivity index is 2.29. The summed E-state index contributed by atoms with van der Waals surface area (Å²) in [6.07, 6.45) is -3.60. The fourth-order valence-corrected chi connectivity index (χ4v) is 2.81. The van der Waals surface area contributed by atoms with Gasteiger partial charge in [-0.3, -0.25) is 0 Å². The van der Waals surface area contributed by atoms with Crippen molar-refractivity contribution >= 4 is 28.9 Å². The van der Waals surface area contributed by atoms with E-state index in [9.17, 15) is 13.2 Å². The molecule has 0 fully saturated rings. The number of halogens is 3. The molecule has 0 aliphatic heterocycles. The Morgan fingerprint density at radius 1 is 1.35 bits per heavy atom. The first-order chi connectivity index (χ1) is 9.49. The lowest BCUT2D eigenvalue weighted by atomic mass is 10.2. The van der Waals surface area contributed by atoms with Crippen molar-refractivity contribution in [3.8, 4) is 0 Å². The smallest absolute Gasteiger partial charge is 0.370 e. The number of hydrogen-bond donors (Lipinski definition) is 1. The summed E-state index contributed by atoms with van der Waals surface area (Å²) in [6.45, 7) is 2.49. The maximum absolute atomic E-state index is 12.9. The van der Waals surface area contributed by atoms with Crippen LogP contribution in [-0.2, 0) is 6.18 Å². The second-order valence-electron chi connectivity index (χ2n) is 3.81. The molecule has 0 saturated carbocycles. The monoisotopic (exact) mass is 320 g/mol. The molecule has 4 nitrogen and oxygen atoms in total. The normalized spacial score (nSPS) is 11.6. The number of alkyl halides is 3. The van der Waals surface area contributed by atoms with Gasteiger partial charge in [-0.25, -0.2) is 4.98 Å². The highest BCUT2D eigenvalue weighted by Gasteiger charge is 2.31. The minimum atomic E-state index is -4.40. The Morgan fingerprint density at radius 3 is 2.75 bits per heavy atom. The molecule has 0 amide bonds. The lowest BCUT2D eigenvalue weighted by Gasteiger charge is -2.11. The van der Waals surface area contributed by atoms with E-state index in [1.807, 2.05) is 6.92 Å². The second kappa shape index (κ2) is 6.40. The Labute approximate surface area is 121 Å². The Bertz CT molecular complexity index is 557. The molecule has 0 atom stereocenters. The van der Waals surface area contributed by atoms with Crippen molar-refractivity contribution in [3.63, 3.8) is 0 Å². The van der Waals surface area contributed by atoms with Crippen LogP contribution in [0.5, 0.6) is 0 Å². The average molecular weight is 320 g/mol. The number of aromatic nitrogens is 3. The lowest BCUT2D eigenvalue weighted by molar-refractivity contribution is -0.137. The fraction of sp³-hybridized carbons (Fsp3) is 0.364. The summed E-state index contributed by atoms with van der Waals surface area (Å²) in [5.41, 5.74) is 0.796. The van der Waals surface area contributed by atoms with Gasteiger partial charge in [0.05, 0.1) is 5.56 Å². The molecule has 0 saturated heterocycles. The minimum Gasteiger partial charge on any atom is -0.370 e. The number of nitrogens with zero attached hydrogens (tertiary/aromatic N) is 3. The van der Waals surface area contributed by atoms with E-state index >= 15 is 0 Å². The molecule has 20 heavy (non-hydrogen) atoms. The van der Waals surface area contributed by atoms with E-state index < -0.39 is 11.7 Å². The van der Waals surface area contributed by atoms with Crippen molar-refractivity contribution < 1.29 is 13.2 Å². The van der Waals surface area contributed by atoms with Crippen molar-refractivity contribution in [1.82, 2.24) is 15.2 Å². The summed E-state index contributed by atoms with van der Waals surface area (Å²) >= 11 is 2.32. The van der Waals surface area contributed by atoms with Crippen molar-refractivity contribution in [3.05, 3.63) is 23.2 Å². The zero-order valence-corrected chi connectivity index (χ0v) is 12.1. The zero-order valence-electron chi connectivity index (χ0n) is 10.4. The molecule has 1 N–H and O–H groups in total. The number of pyridine rings is 1. The predicted molar refractivity (Wildman–Crippen MR) is 72.1 cm³/mol. The van der Waals surface area contributed by atoms with E-state index in [1.54, 1.807) is 0 Å². The molecule has 0 aromatic carbocycles. The summed E-state index contributed by atoms with van der Waals surface area (Å²) < 4.78 is 39.1. The average Bonchev–Trinajstić information content (AvgIpc) is 2.88. The molecule has 2 heterocycles. The Kier molecular flexibility index (Phi) is 4.81. The summed E-state index contributed by atoms with van der Waals surface area (Å²) in [6, 6.07) is 2.03. The SMILES string of the molecule is CCCNc1cc(C(F)(F)F)cc(Sc2nncs2)n1. The number of nitrogens with one attached hydrogen (secondary N) is 1. The van der Waals surface area contributed by atoms with E-state index in [0.717, 1.165) is 30.3 Å². The van der Waals surface area contributed by atoms with E-state index in [4.69, 9.17) is 0 Å². The van der Waals surface area contributed by atoms with Gasteiger partial charge < -0.3 is 5.32 Å². The van der Waals surface area contributed by atoms with Crippen LogP contribution in [0.2, 0.25) is 0 Å². The van der Waals surface area contributed by atoms with E-state index in [1.165, 1.54) is 16.8 Å². The van der Waals surface area contributed by atoms with Crippen LogP contribution < -0.4 is 5.32 Å². The third-order valence-corrected chi connectivity index (χ3v) is 3.91. The predicted octanol–water partition coefficient (Wildman–Crippen LogP) is 3.93. The fourth-order valence-electron chi connectivity index (χ4n) is 1.36. The van der Waals surface area contributed by atoms with Crippen molar-refractivity contribution in [2.75, 3.05) is 11.9 Å². The van der Waals surface area contributed by atoms with Crippen molar-refractivity contribution in [2.24, 2.45) is 0 Å². The summed E-state index contributed by atoms with van der Waals surface area (Å²) in [4.78, 5) is 4.15. The first-order valence-electron chi connectivity index (χ1n) is 5.76. The quantitative estimate of drug-likeness (QED) is 0.905. The van der Waals surface area contributed by atoms with Crippen LogP contribution in [0.4, 0.5) is 19.0 Å². The van der Waals surface area contributed by atoms with Gasteiger partial charge in [0.2, 0.25) is 0 Å². The van der Waals surface area contributed by atoms with Gasteiger partial charge in [0.1, 0.15) is 16.4 Å². The summed E-state index contributed by atoms with van der Waals surface area (Å²) in [7, 11) is 0. The molecule has 2 rings (SSSR count). The molecule has 2 aromatic rings. The molecular weight excluding hydrogens is 309 g/mol. The van der Waals surface area contributed by atoms with Crippen LogP contribution in [0.25, 0.3) is 0 Å². The number of rotatable bonds is 5. The highest BCUT2D eigenvalue weighted by Crippen LogP contribution is 2.35. The largest absolute Gasteiger partial charge is 0.416 e. The molecule has 108 valence electrons. The maximum atomic E-state index is 12.9. The standard InChI is InChI=1S/C11H11F3N4S2/c1-2-3-15-8-4-7(11(12,13)14)5-9(17-8)20-10-18-16-6-19-10/h4-6H,2-3H2,1H3,(H,15,17).